The van der Waals surface area contributed by atoms with Gasteiger partial charge in [-0.3, -0.25) is 24.0 Å². The normalized spacial score (nSPS) is 12.4. The van der Waals surface area contributed by atoms with Gasteiger partial charge in [-0.2, -0.15) is 0 Å². The third-order valence-electron chi connectivity index (χ3n) is 5.40. The average molecular weight is 535 g/mol. The Morgan fingerprint density at radius 3 is 2.24 bits per heavy atom. The lowest BCUT2D eigenvalue weighted by Crippen LogP contribution is -2.55. The molecular weight excluding hydrogens is 500 g/mol. The monoisotopic (exact) mass is 534 g/mol. The first kappa shape index (κ1) is 29.6. The zero-order valence-corrected chi connectivity index (χ0v) is 22.7. The fourth-order valence-corrected chi connectivity index (χ4v) is 4.52. The summed E-state index contributed by atoms with van der Waals surface area (Å²) < 4.78 is 31.3. The van der Waals surface area contributed by atoms with Crippen molar-refractivity contribution in [1.82, 2.24) is 10.2 Å². The third kappa shape index (κ3) is 8.45. The van der Waals surface area contributed by atoms with E-state index in [-0.39, 0.29) is 30.2 Å². The van der Waals surface area contributed by atoms with Gasteiger partial charge in [-0.1, -0.05) is 25.1 Å². The summed E-state index contributed by atoms with van der Waals surface area (Å²) in [6.07, 6.45) is 1.19. The molecule has 0 aliphatic rings. The highest BCUT2D eigenvalue weighted by Gasteiger charge is 2.33. The van der Waals surface area contributed by atoms with Crippen molar-refractivity contribution >= 4 is 33.2 Å². The average Bonchev–Trinajstić information content (AvgIpc) is 2.80. The Kier molecular flexibility index (Phi) is 9.62. The van der Waals surface area contributed by atoms with Crippen molar-refractivity contribution < 1.29 is 27.7 Å². The van der Waals surface area contributed by atoms with E-state index in [0.29, 0.717) is 11.3 Å². The molecule has 2 amide bonds. The molecule has 0 fully saturated rings. The maximum atomic E-state index is 13.7. The molecule has 202 valence electrons. The number of sulfonamides is 1. The summed E-state index contributed by atoms with van der Waals surface area (Å²) in [7, 11) is -2.48. The Bertz CT molecular complexity index is 1220. The molecule has 1 N–H and O–H groups in total. The minimum atomic E-state index is -4.01. The summed E-state index contributed by atoms with van der Waals surface area (Å²) in [5.74, 6) is -0.394. The molecule has 0 aliphatic heterocycles. The van der Waals surface area contributed by atoms with Crippen LogP contribution in [0.4, 0.5) is 11.4 Å². The number of hydrogen-bond donors (Lipinski definition) is 1. The molecule has 1 unspecified atom stereocenters. The first-order chi connectivity index (χ1) is 17.2. The molecule has 2 aromatic carbocycles. The van der Waals surface area contributed by atoms with Crippen LogP contribution in [-0.2, 0) is 26.2 Å². The fourth-order valence-electron chi connectivity index (χ4n) is 3.68. The van der Waals surface area contributed by atoms with Crippen molar-refractivity contribution in [3.05, 3.63) is 64.2 Å². The minimum absolute atomic E-state index is 0.0263. The van der Waals surface area contributed by atoms with Crippen molar-refractivity contribution in [3.63, 3.8) is 0 Å². The number of nitro benzene ring substituents is 1. The lowest BCUT2D eigenvalue weighted by Gasteiger charge is -2.34. The number of amides is 2. The second-order valence-corrected chi connectivity index (χ2v) is 11.5. The Morgan fingerprint density at radius 1 is 1.14 bits per heavy atom. The van der Waals surface area contributed by atoms with Gasteiger partial charge in [0.2, 0.25) is 21.8 Å². The van der Waals surface area contributed by atoms with Crippen molar-refractivity contribution in [2.75, 3.05) is 24.2 Å². The van der Waals surface area contributed by atoms with Gasteiger partial charge in [0.25, 0.3) is 5.69 Å². The van der Waals surface area contributed by atoms with E-state index in [9.17, 15) is 28.1 Å². The largest absolute Gasteiger partial charge is 0.497 e. The molecule has 0 bridgehead atoms. The molecule has 0 radical (unpaired) electrons. The number of ether oxygens (including phenoxy) is 1. The third-order valence-corrected chi connectivity index (χ3v) is 6.54. The molecule has 11 nitrogen and oxygen atoms in total. The van der Waals surface area contributed by atoms with Gasteiger partial charge < -0.3 is 15.0 Å². The smallest absolute Gasteiger partial charge is 0.271 e. The summed E-state index contributed by atoms with van der Waals surface area (Å²) in [6, 6.07) is 11.1. The quantitative estimate of drug-likeness (QED) is 0.345. The van der Waals surface area contributed by atoms with Crippen LogP contribution in [0.25, 0.3) is 0 Å². The maximum Gasteiger partial charge on any atom is 0.271 e. The summed E-state index contributed by atoms with van der Waals surface area (Å²) in [5, 5.41) is 14.1. The van der Waals surface area contributed by atoms with E-state index in [1.807, 2.05) is 20.8 Å². The van der Waals surface area contributed by atoms with Crippen LogP contribution in [0.2, 0.25) is 0 Å². The molecule has 0 saturated heterocycles. The van der Waals surface area contributed by atoms with Crippen molar-refractivity contribution in [1.29, 1.82) is 0 Å². The highest BCUT2D eigenvalue weighted by molar-refractivity contribution is 7.92. The SMILES string of the molecule is CCC(C(=O)NC(C)(C)C)N(Cc1ccc(OC)cc1)C(=O)CN(c1cccc([N+](=O)[O-])c1)S(C)(=O)=O. The number of benzene rings is 2. The van der Waals surface area contributed by atoms with E-state index < -0.39 is 39.0 Å². The topological polar surface area (TPSA) is 139 Å². The zero-order valence-electron chi connectivity index (χ0n) is 21.9. The predicted octanol–water partition coefficient (Wildman–Crippen LogP) is 3.09. The number of non-ortho nitro benzene ring substituents is 1. The van der Waals surface area contributed by atoms with E-state index in [1.54, 1.807) is 31.2 Å². The van der Waals surface area contributed by atoms with Crippen molar-refractivity contribution in [3.8, 4) is 5.75 Å². The Hall–Kier alpha value is -3.67. The van der Waals surface area contributed by atoms with Gasteiger partial charge in [0.15, 0.2) is 0 Å². The van der Waals surface area contributed by atoms with Gasteiger partial charge in [-0.05, 0) is 51.0 Å². The summed E-state index contributed by atoms with van der Waals surface area (Å²) >= 11 is 0. The van der Waals surface area contributed by atoms with E-state index in [2.05, 4.69) is 5.32 Å². The van der Waals surface area contributed by atoms with Gasteiger partial charge in [0, 0.05) is 24.2 Å². The van der Waals surface area contributed by atoms with Crippen molar-refractivity contribution in [2.45, 2.75) is 52.2 Å². The van der Waals surface area contributed by atoms with Gasteiger partial charge >= 0.3 is 0 Å². The second kappa shape index (κ2) is 12.0. The number of methoxy groups -OCH3 is 1. The van der Waals surface area contributed by atoms with Crippen LogP contribution in [0, 0.1) is 10.1 Å². The van der Waals surface area contributed by atoms with Gasteiger partial charge in [0.05, 0.1) is 24.0 Å². The zero-order chi connectivity index (χ0) is 28.0. The van der Waals surface area contributed by atoms with Crippen LogP contribution in [-0.4, -0.2) is 61.5 Å². The number of carbonyl (C=O) groups is 2. The molecule has 0 aliphatic carbocycles. The van der Waals surface area contributed by atoms with Crippen LogP contribution in [0.3, 0.4) is 0 Å². The van der Waals surface area contributed by atoms with Crippen LogP contribution >= 0.6 is 0 Å². The second-order valence-electron chi connectivity index (χ2n) is 9.58. The molecule has 12 heteroatoms. The number of hydrogen-bond acceptors (Lipinski definition) is 7. The first-order valence-electron chi connectivity index (χ1n) is 11.6. The molecule has 2 rings (SSSR count). The van der Waals surface area contributed by atoms with Gasteiger partial charge in [-0.15, -0.1) is 0 Å². The Balaban J connectivity index is 2.49. The van der Waals surface area contributed by atoms with E-state index >= 15 is 0 Å². The molecule has 2 aromatic rings. The highest BCUT2D eigenvalue weighted by Crippen LogP contribution is 2.24. The predicted molar refractivity (Wildman–Crippen MR) is 141 cm³/mol. The van der Waals surface area contributed by atoms with Crippen LogP contribution in [0.15, 0.2) is 48.5 Å². The number of rotatable bonds is 11. The number of carbonyl (C=O) groups excluding carboxylic acids is 2. The molecule has 0 aromatic heterocycles. The van der Waals surface area contributed by atoms with Crippen LogP contribution in [0.5, 0.6) is 5.75 Å². The summed E-state index contributed by atoms with van der Waals surface area (Å²) in [6.45, 7) is 6.61. The fraction of sp³-hybridized carbons (Fsp3) is 0.440. The molecule has 37 heavy (non-hydrogen) atoms. The molecule has 0 saturated carbocycles. The maximum absolute atomic E-state index is 13.7. The number of nitro groups is 1. The van der Waals surface area contributed by atoms with E-state index in [1.165, 1.54) is 30.2 Å². The standard InChI is InChI=1S/C25H34N4O7S/c1-7-22(24(31)26-25(2,3)4)27(16-18-11-13-21(36-5)14-12-18)23(30)17-28(37(6,34)35)19-9-8-10-20(15-19)29(32)33/h8-15,22H,7,16-17H2,1-6H3,(H,26,31). The number of nitrogens with zero attached hydrogens (tertiary/aromatic N) is 3. The van der Waals surface area contributed by atoms with E-state index in [0.717, 1.165) is 16.6 Å². The Labute approximate surface area is 217 Å². The summed E-state index contributed by atoms with van der Waals surface area (Å²) in [5.41, 5.74) is -0.190. The molecule has 1 atom stereocenters. The highest BCUT2D eigenvalue weighted by atomic mass is 32.2. The Morgan fingerprint density at radius 2 is 1.76 bits per heavy atom. The van der Waals surface area contributed by atoms with Crippen molar-refractivity contribution in [2.24, 2.45) is 0 Å². The van der Waals surface area contributed by atoms with Gasteiger partial charge in [0.1, 0.15) is 18.3 Å². The lowest BCUT2D eigenvalue weighted by atomic mass is 10.1. The number of nitrogens with one attached hydrogen (secondary N) is 1. The molecule has 0 spiro atoms. The molecular formula is C25H34N4O7S. The molecule has 0 heterocycles. The van der Waals surface area contributed by atoms with Crippen LogP contribution in [0.1, 0.15) is 39.7 Å². The van der Waals surface area contributed by atoms with E-state index in [4.69, 9.17) is 4.74 Å². The number of anilines is 1. The summed E-state index contributed by atoms with van der Waals surface area (Å²) in [4.78, 5) is 38.8. The lowest BCUT2D eigenvalue weighted by molar-refractivity contribution is -0.384. The van der Waals surface area contributed by atoms with Gasteiger partial charge in [-0.25, -0.2) is 8.42 Å². The van der Waals surface area contributed by atoms with Crippen LogP contribution < -0.4 is 14.4 Å². The minimum Gasteiger partial charge on any atom is -0.497 e. The first-order valence-corrected chi connectivity index (χ1v) is 13.5.